The van der Waals surface area contributed by atoms with Gasteiger partial charge >= 0.3 is 0 Å². The zero-order valence-corrected chi connectivity index (χ0v) is 14.4. The minimum atomic E-state index is -3.71. The molecule has 2 aromatic heterocycles. The number of aryl methyl sites for hydroxylation is 1. The second kappa shape index (κ2) is 6.61. The van der Waals surface area contributed by atoms with E-state index in [0.29, 0.717) is 5.56 Å². The molecule has 3 rings (SSSR count). The fraction of sp³-hybridized carbons (Fsp3) is 0.188. The summed E-state index contributed by atoms with van der Waals surface area (Å²) in [7, 11) is -3.71. The van der Waals surface area contributed by atoms with Crippen LogP contribution in [-0.2, 0) is 10.0 Å². The normalized spacial score (nSPS) is 12.9. The molecule has 130 valence electrons. The van der Waals surface area contributed by atoms with Gasteiger partial charge in [0.15, 0.2) is 0 Å². The van der Waals surface area contributed by atoms with Crippen LogP contribution in [0.1, 0.15) is 24.4 Å². The van der Waals surface area contributed by atoms with Gasteiger partial charge < -0.3 is 9.51 Å². The van der Waals surface area contributed by atoms with E-state index in [1.165, 1.54) is 24.4 Å². The Labute approximate surface area is 144 Å². The van der Waals surface area contributed by atoms with E-state index in [-0.39, 0.29) is 22.2 Å². The van der Waals surface area contributed by atoms with Gasteiger partial charge in [0.2, 0.25) is 27.3 Å². The highest BCUT2D eigenvalue weighted by molar-refractivity contribution is 7.89. The number of rotatable bonds is 5. The lowest BCUT2D eigenvalue weighted by Gasteiger charge is -2.10. The zero-order valence-electron chi connectivity index (χ0n) is 13.6. The SMILES string of the molecule is Cc1ccc(S(=O)(=O)NC(C)c2nc(-c3ccc(=O)[nH]c3)no2)cc1. The second-order valence-corrected chi connectivity index (χ2v) is 7.27. The number of H-pyrrole nitrogens is 1. The van der Waals surface area contributed by atoms with Gasteiger partial charge in [-0.3, -0.25) is 4.79 Å². The van der Waals surface area contributed by atoms with Crippen molar-refractivity contribution in [2.45, 2.75) is 24.8 Å². The smallest absolute Gasteiger partial charge is 0.247 e. The number of aromatic nitrogens is 3. The van der Waals surface area contributed by atoms with Crippen molar-refractivity contribution in [1.29, 1.82) is 0 Å². The van der Waals surface area contributed by atoms with Crippen molar-refractivity contribution in [3.8, 4) is 11.4 Å². The molecule has 1 aromatic carbocycles. The van der Waals surface area contributed by atoms with Crippen molar-refractivity contribution in [1.82, 2.24) is 19.8 Å². The molecule has 1 unspecified atom stereocenters. The molecule has 9 heteroatoms. The molecule has 0 bridgehead atoms. The van der Waals surface area contributed by atoms with Crippen LogP contribution in [0, 0.1) is 6.92 Å². The summed E-state index contributed by atoms with van der Waals surface area (Å²) < 4.78 is 32.4. The van der Waals surface area contributed by atoms with Gasteiger partial charge in [0.25, 0.3) is 0 Å². The highest BCUT2D eigenvalue weighted by Gasteiger charge is 2.22. The summed E-state index contributed by atoms with van der Waals surface area (Å²) >= 11 is 0. The number of nitrogens with zero attached hydrogens (tertiary/aromatic N) is 2. The molecule has 0 radical (unpaired) electrons. The molecule has 0 saturated carbocycles. The largest absolute Gasteiger partial charge is 0.337 e. The number of sulfonamides is 1. The fourth-order valence-electron chi connectivity index (χ4n) is 2.15. The third kappa shape index (κ3) is 3.83. The molecule has 2 N–H and O–H groups in total. The Kier molecular flexibility index (Phi) is 4.51. The molecule has 2 heterocycles. The van der Waals surface area contributed by atoms with Crippen molar-refractivity contribution in [3.63, 3.8) is 0 Å². The van der Waals surface area contributed by atoms with Crippen LogP contribution in [0.4, 0.5) is 0 Å². The summed E-state index contributed by atoms with van der Waals surface area (Å²) in [6.45, 7) is 3.49. The average molecular weight is 360 g/mol. The molecule has 0 aliphatic heterocycles. The van der Waals surface area contributed by atoms with Gasteiger partial charge in [-0.25, -0.2) is 8.42 Å². The second-order valence-electron chi connectivity index (χ2n) is 5.55. The highest BCUT2D eigenvalue weighted by atomic mass is 32.2. The lowest BCUT2D eigenvalue weighted by molar-refractivity contribution is 0.354. The van der Waals surface area contributed by atoms with E-state index in [1.54, 1.807) is 25.1 Å². The minimum Gasteiger partial charge on any atom is -0.337 e. The van der Waals surface area contributed by atoms with Gasteiger partial charge in [-0.15, -0.1) is 0 Å². The number of hydrogen-bond donors (Lipinski definition) is 2. The Morgan fingerprint density at radius 1 is 1.16 bits per heavy atom. The molecule has 0 amide bonds. The van der Waals surface area contributed by atoms with E-state index in [0.717, 1.165) is 5.56 Å². The highest BCUT2D eigenvalue weighted by Crippen LogP contribution is 2.19. The van der Waals surface area contributed by atoms with E-state index in [1.807, 2.05) is 6.92 Å². The van der Waals surface area contributed by atoms with Crippen molar-refractivity contribution in [2.24, 2.45) is 0 Å². The quantitative estimate of drug-likeness (QED) is 0.716. The molecule has 0 aliphatic carbocycles. The molecule has 0 spiro atoms. The predicted molar refractivity (Wildman–Crippen MR) is 90.3 cm³/mol. The first-order chi connectivity index (χ1) is 11.8. The van der Waals surface area contributed by atoms with Gasteiger partial charge in [0.1, 0.15) is 0 Å². The summed E-state index contributed by atoms with van der Waals surface area (Å²) in [5, 5.41) is 3.81. The molecule has 1 atom stereocenters. The fourth-order valence-corrected chi connectivity index (χ4v) is 3.34. The maximum absolute atomic E-state index is 12.4. The van der Waals surface area contributed by atoms with E-state index in [9.17, 15) is 13.2 Å². The van der Waals surface area contributed by atoms with Crippen LogP contribution in [0.3, 0.4) is 0 Å². The molecular formula is C16H16N4O4S. The van der Waals surface area contributed by atoms with Gasteiger partial charge in [0, 0.05) is 17.8 Å². The Morgan fingerprint density at radius 3 is 2.52 bits per heavy atom. The van der Waals surface area contributed by atoms with Crippen LogP contribution in [0.25, 0.3) is 11.4 Å². The maximum Gasteiger partial charge on any atom is 0.247 e. The number of aromatic amines is 1. The topological polar surface area (TPSA) is 118 Å². The van der Waals surface area contributed by atoms with E-state index < -0.39 is 16.1 Å². The molecular weight excluding hydrogens is 344 g/mol. The van der Waals surface area contributed by atoms with Crippen LogP contribution in [-0.4, -0.2) is 23.5 Å². The number of nitrogens with one attached hydrogen (secondary N) is 2. The zero-order chi connectivity index (χ0) is 18.0. The van der Waals surface area contributed by atoms with Crippen LogP contribution in [0.15, 0.2) is 56.8 Å². The van der Waals surface area contributed by atoms with Crippen LogP contribution in [0.2, 0.25) is 0 Å². The first-order valence-electron chi connectivity index (χ1n) is 7.47. The standard InChI is InChI=1S/C16H16N4O4S/c1-10-3-6-13(7-4-10)25(22,23)20-11(2)16-18-15(19-24-16)12-5-8-14(21)17-9-12/h3-9,11,20H,1-2H3,(H,17,21). The van der Waals surface area contributed by atoms with Crippen LogP contribution in [0.5, 0.6) is 0 Å². The molecule has 0 fully saturated rings. The van der Waals surface area contributed by atoms with Gasteiger partial charge in [-0.1, -0.05) is 22.9 Å². The minimum absolute atomic E-state index is 0.122. The van der Waals surface area contributed by atoms with E-state index in [2.05, 4.69) is 19.8 Å². The molecule has 0 aliphatic rings. The van der Waals surface area contributed by atoms with E-state index in [4.69, 9.17) is 4.52 Å². The molecule has 0 saturated heterocycles. The summed E-state index contributed by atoms with van der Waals surface area (Å²) in [5.41, 5.74) is 1.28. The molecule has 3 aromatic rings. The summed E-state index contributed by atoms with van der Waals surface area (Å²) in [6, 6.07) is 8.69. The summed E-state index contributed by atoms with van der Waals surface area (Å²) in [4.78, 5) is 17.9. The average Bonchev–Trinajstić information content (AvgIpc) is 3.06. The van der Waals surface area contributed by atoms with Gasteiger partial charge in [0.05, 0.1) is 10.9 Å². The van der Waals surface area contributed by atoms with Crippen molar-refractivity contribution in [2.75, 3.05) is 0 Å². The van der Waals surface area contributed by atoms with Crippen molar-refractivity contribution >= 4 is 10.0 Å². The van der Waals surface area contributed by atoms with Crippen LogP contribution >= 0.6 is 0 Å². The monoisotopic (exact) mass is 360 g/mol. The molecule has 25 heavy (non-hydrogen) atoms. The first-order valence-corrected chi connectivity index (χ1v) is 8.95. The third-order valence-corrected chi connectivity index (χ3v) is 5.07. The number of hydrogen-bond acceptors (Lipinski definition) is 6. The van der Waals surface area contributed by atoms with Crippen LogP contribution < -0.4 is 10.3 Å². The summed E-state index contributed by atoms with van der Waals surface area (Å²) in [6.07, 6.45) is 1.46. The van der Waals surface area contributed by atoms with Gasteiger partial charge in [-0.05, 0) is 32.0 Å². The Bertz CT molecular complexity index is 1020. The first kappa shape index (κ1) is 17.1. The Hall–Kier alpha value is -2.78. The summed E-state index contributed by atoms with van der Waals surface area (Å²) in [5.74, 6) is 0.379. The number of pyridine rings is 1. The number of benzene rings is 1. The van der Waals surface area contributed by atoms with Gasteiger partial charge in [-0.2, -0.15) is 9.71 Å². The lowest BCUT2D eigenvalue weighted by atomic mass is 10.2. The maximum atomic E-state index is 12.4. The Morgan fingerprint density at radius 2 is 1.88 bits per heavy atom. The molecule has 8 nitrogen and oxygen atoms in total. The third-order valence-electron chi connectivity index (χ3n) is 3.52. The van der Waals surface area contributed by atoms with Crippen molar-refractivity contribution in [3.05, 3.63) is 64.4 Å². The van der Waals surface area contributed by atoms with Crippen molar-refractivity contribution < 1.29 is 12.9 Å². The van der Waals surface area contributed by atoms with E-state index >= 15 is 0 Å². The predicted octanol–water partition coefficient (Wildman–Crippen LogP) is 1.77. The lowest BCUT2D eigenvalue weighted by Crippen LogP contribution is -2.27. The Balaban J connectivity index is 1.79.